The zero-order valence-corrected chi connectivity index (χ0v) is 11.5. The Kier molecular flexibility index (Phi) is 6.69. The Morgan fingerprint density at radius 2 is 1.78 bits per heavy atom. The fraction of sp³-hybridized carbons (Fsp3) is 0.500. The average molecular weight is 249 g/mol. The van der Waals surface area contributed by atoms with Gasteiger partial charge in [0.05, 0.1) is 13.2 Å². The molecule has 0 aliphatic carbocycles. The minimum Gasteiger partial charge on any atom is -0.494 e. The van der Waals surface area contributed by atoms with Gasteiger partial charge in [0.15, 0.2) is 5.96 Å². The SMILES string of the molecule is CCNC(=NCc1ccccc1OCC)NCC. The molecule has 4 nitrogen and oxygen atoms in total. The van der Waals surface area contributed by atoms with E-state index in [1.54, 1.807) is 0 Å². The number of hydrogen-bond donors (Lipinski definition) is 2. The Morgan fingerprint density at radius 3 is 2.39 bits per heavy atom. The highest BCUT2D eigenvalue weighted by molar-refractivity contribution is 5.79. The van der Waals surface area contributed by atoms with Gasteiger partial charge in [-0.15, -0.1) is 0 Å². The maximum atomic E-state index is 5.58. The van der Waals surface area contributed by atoms with Gasteiger partial charge in [-0.1, -0.05) is 18.2 Å². The van der Waals surface area contributed by atoms with E-state index in [1.807, 2.05) is 31.2 Å². The van der Waals surface area contributed by atoms with Gasteiger partial charge in [0.25, 0.3) is 0 Å². The summed E-state index contributed by atoms with van der Waals surface area (Å²) in [5, 5.41) is 6.41. The second-order valence-corrected chi connectivity index (χ2v) is 3.77. The highest BCUT2D eigenvalue weighted by atomic mass is 16.5. The summed E-state index contributed by atoms with van der Waals surface area (Å²) in [5.74, 6) is 1.75. The van der Waals surface area contributed by atoms with Crippen molar-refractivity contribution in [3.8, 4) is 5.75 Å². The summed E-state index contributed by atoms with van der Waals surface area (Å²) >= 11 is 0. The highest BCUT2D eigenvalue weighted by Crippen LogP contribution is 2.18. The van der Waals surface area contributed by atoms with Crippen molar-refractivity contribution < 1.29 is 4.74 Å². The van der Waals surface area contributed by atoms with Crippen molar-refractivity contribution >= 4 is 5.96 Å². The molecule has 0 aliphatic rings. The molecule has 0 spiro atoms. The van der Waals surface area contributed by atoms with Crippen LogP contribution < -0.4 is 15.4 Å². The van der Waals surface area contributed by atoms with Crippen LogP contribution in [-0.4, -0.2) is 25.7 Å². The van der Waals surface area contributed by atoms with Crippen LogP contribution in [0.25, 0.3) is 0 Å². The van der Waals surface area contributed by atoms with Crippen molar-refractivity contribution in [1.82, 2.24) is 10.6 Å². The summed E-state index contributed by atoms with van der Waals surface area (Å²) in [5.41, 5.74) is 1.10. The summed E-state index contributed by atoms with van der Waals surface area (Å²) in [7, 11) is 0. The Bertz CT molecular complexity index is 369. The molecular formula is C14H23N3O. The van der Waals surface area contributed by atoms with E-state index in [1.165, 1.54) is 0 Å². The van der Waals surface area contributed by atoms with Crippen molar-refractivity contribution in [2.24, 2.45) is 4.99 Å². The second-order valence-electron chi connectivity index (χ2n) is 3.77. The van der Waals surface area contributed by atoms with Crippen molar-refractivity contribution in [1.29, 1.82) is 0 Å². The molecule has 0 saturated carbocycles. The molecule has 0 aromatic heterocycles. The molecular weight excluding hydrogens is 226 g/mol. The van der Waals surface area contributed by atoms with Crippen molar-refractivity contribution in [3.05, 3.63) is 29.8 Å². The smallest absolute Gasteiger partial charge is 0.191 e. The van der Waals surface area contributed by atoms with Crippen LogP contribution in [0.4, 0.5) is 0 Å². The zero-order chi connectivity index (χ0) is 13.2. The van der Waals surface area contributed by atoms with Gasteiger partial charge in [-0.05, 0) is 26.8 Å². The van der Waals surface area contributed by atoms with Gasteiger partial charge >= 0.3 is 0 Å². The van der Waals surface area contributed by atoms with Crippen molar-refractivity contribution in [2.45, 2.75) is 27.3 Å². The Morgan fingerprint density at radius 1 is 1.11 bits per heavy atom. The molecule has 1 aromatic carbocycles. The summed E-state index contributed by atoms with van der Waals surface area (Å²) in [6, 6.07) is 8.01. The highest BCUT2D eigenvalue weighted by Gasteiger charge is 2.02. The summed E-state index contributed by atoms with van der Waals surface area (Å²) in [4.78, 5) is 4.53. The summed E-state index contributed by atoms with van der Waals surface area (Å²) < 4.78 is 5.58. The molecule has 0 atom stereocenters. The maximum Gasteiger partial charge on any atom is 0.191 e. The zero-order valence-electron chi connectivity index (χ0n) is 11.5. The number of nitrogens with one attached hydrogen (secondary N) is 2. The number of rotatable bonds is 6. The van der Waals surface area contributed by atoms with Gasteiger partial charge in [0.1, 0.15) is 5.75 Å². The van der Waals surface area contributed by atoms with Crippen LogP contribution in [-0.2, 0) is 6.54 Å². The monoisotopic (exact) mass is 249 g/mol. The van der Waals surface area contributed by atoms with Gasteiger partial charge < -0.3 is 15.4 Å². The first-order chi connectivity index (χ1) is 8.81. The van der Waals surface area contributed by atoms with Crippen molar-refractivity contribution in [2.75, 3.05) is 19.7 Å². The molecule has 2 N–H and O–H groups in total. The van der Waals surface area contributed by atoms with Gasteiger partial charge in [-0.2, -0.15) is 0 Å². The van der Waals surface area contributed by atoms with Gasteiger partial charge in [-0.25, -0.2) is 4.99 Å². The molecule has 0 unspecified atom stereocenters. The molecule has 0 heterocycles. The Labute approximate surface area is 109 Å². The van der Waals surface area contributed by atoms with E-state index < -0.39 is 0 Å². The molecule has 0 radical (unpaired) electrons. The molecule has 0 bridgehead atoms. The van der Waals surface area contributed by atoms with E-state index in [0.29, 0.717) is 13.2 Å². The fourth-order valence-electron chi connectivity index (χ4n) is 1.60. The van der Waals surface area contributed by atoms with Crippen LogP contribution in [0.2, 0.25) is 0 Å². The van der Waals surface area contributed by atoms with Gasteiger partial charge in [-0.3, -0.25) is 0 Å². The number of ether oxygens (including phenoxy) is 1. The number of benzene rings is 1. The molecule has 0 saturated heterocycles. The van der Waals surface area contributed by atoms with E-state index in [9.17, 15) is 0 Å². The van der Waals surface area contributed by atoms with E-state index in [0.717, 1.165) is 30.4 Å². The largest absolute Gasteiger partial charge is 0.494 e. The topological polar surface area (TPSA) is 45.7 Å². The number of aliphatic imine (C=N–C) groups is 1. The standard InChI is InChI=1S/C14H23N3O/c1-4-15-14(16-5-2)17-11-12-9-7-8-10-13(12)18-6-3/h7-10H,4-6,11H2,1-3H3,(H2,15,16,17). The van der Waals surface area contributed by atoms with Crippen molar-refractivity contribution in [3.63, 3.8) is 0 Å². The number of para-hydroxylation sites is 1. The third-order valence-electron chi connectivity index (χ3n) is 2.37. The second kappa shape index (κ2) is 8.39. The summed E-state index contributed by atoms with van der Waals surface area (Å²) in [6.45, 7) is 9.11. The fourth-order valence-corrected chi connectivity index (χ4v) is 1.60. The third-order valence-corrected chi connectivity index (χ3v) is 2.37. The van der Waals surface area contributed by atoms with Crippen LogP contribution >= 0.6 is 0 Å². The molecule has 100 valence electrons. The van der Waals surface area contributed by atoms with Gasteiger partial charge in [0.2, 0.25) is 0 Å². The number of guanidine groups is 1. The lowest BCUT2D eigenvalue weighted by Crippen LogP contribution is -2.36. The Hall–Kier alpha value is -1.71. The molecule has 0 aliphatic heterocycles. The predicted octanol–water partition coefficient (Wildman–Crippen LogP) is 2.16. The van der Waals surface area contributed by atoms with Crippen LogP contribution in [0.5, 0.6) is 5.75 Å². The molecule has 1 rings (SSSR count). The van der Waals surface area contributed by atoms with Crippen LogP contribution in [0.3, 0.4) is 0 Å². The quantitative estimate of drug-likeness (QED) is 0.600. The predicted molar refractivity (Wildman–Crippen MR) is 76.1 cm³/mol. The number of hydrogen-bond acceptors (Lipinski definition) is 2. The first-order valence-corrected chi connectivity index (χ1v) is 6.54. The van der Waals surface area contributed by atoms with E-state index in [-0.39, 0.29) is 0 Å². The van der Waals surface area contributed by atoms with E-state index in [2.05, 4.69) is 29.5 Å². The Balaban J connectivity index is 2.73. The molecule has 18 heavy (non-hydrogen) atoms. The van der Waals surface area contributed by atoms with Gasteiger partial charge in [0, 0.05) is 18.7 Å². The first kappa shape index (κ1) is 14.4. The molecule has 1 aromatic rings. The minimum absolute atomic E-state index is 0.617. The lowest BCUT2D eigenvalue weighted by molar-refractivity contribution is 0.336. The lowest BCUT2D eigenvalue weighted by atomic mass is 10.2. The maximum absolute atomic E-state index is 5.58. The minimum atomic E-state index is 0.617. The van der Waals surface area contributed by atoms with Crippen LogP contribution in [0.15, 0.2) is 29.3 Å². The molecule has 4 heteroatoms. The van der Waals surface area contributed by atoms with E-state index >= 15 is 0 Å². The molecule has 0 amide bonds. The number of nitrogens with zero attached hydrogens (tertiary/aromatic N) is 1. The first-order valence-electron chi connectivity index (χ1n) is 6.54. The van der Waals surface area contributed by atoms with Crippen LogP contribution in [0, 0.1) is 0 Å². The summed E-state index contributed by atoms with van der Waals surface area (Å²) in [6.07, 6.45) is 0. The van der Waals surface area contributed by atoms with Crippen LogP contribution in [0.1, 0.15) is 26.3 Å². The average Bonchev–Trinajstić information content (AvgIpc) is 2.38. The third kappa shape index (κ3) is 4.65. The normalized spacial score (nSPS) is 9.72. The van der Waals surface area contributed by atoms with E-state index in [4.69, 9.17) is 4.74 Å². The lowest BCUT2D eigenvalue weighted by Gasteiger charge is -2.11. The molecule has 0 fully saturated rings.